The minimum atomic E-state index is 0. The Hall–Kier alpha value is -0.305. The first-order chi connectivity index (χ1) is 4.36. The van der Waals surface area contributed by atoms with E-state index in [0.29, 0.717) is 11.7 Å². The molecule has 0 aliphatic carbocycles. The van der Waals surface area contributed by atoms with Gasteiger partial charge in [0.25, 0.3) is 0 Å². The fourth-order valence-corrected chi connectivity index (χ4v) is 1.76. The van der Waals surface area contributed by atoms with E-state index in [-0.39, 0.29) is 8.41 Å². The summed E-state index contributed by atoms with van der Waals surface area (Å²) in [6, 6.07) is 0. The summed E-state index contributed by atoms with van der Waals surface area (Å²) in [4.78, 5) is 13.3. The second kappa shape index (κ2) is 2.75. The monoisotopic (exact) mass is 139 g/mol. The Balaban J connectivity index is 0.000000500. The minimum Gasteiger partial charge on any atom is -0.298 e. The molecule has 56 valence electrons. The van der Waals surface area contributed by atoms with Crippen molar-refractivity contribution in [3.05, 3.63) is 0 Å². The highest BCUT2D eigenvalue weighted by atomic mass is 16.1. The predicted molar refractivity (Wildman–Crippen MR) is 44.1 cm³/mol. The molecule has 0 aromatic rings. The third kappa shape index (κ3) is 1.10. The topological polar surface area (TPSA) is 20.3 Å². The van der Waals surface area contributed by atoms with Crippen molar-refractivity contribution in [1.82, 2.24) is 4.90 Å². The summed E-state index contributed by atoms with van der Waals surface area (Å²) in [5.74, 6) is 0.919. The van der Waals surface area contributed by atoms with Crippen molar-refractivity contribution in [2.45, 2.75) is 12.8 Å². The van der Waals surface area contributed by atoms with Gasteiger partial charge in [0.2, 0.25) is 0 Å². The van der Waals surface area contributed by atoms with Crippen molar-refractivity contribution in [1.29, 1.82) is 0 Å². The number of nitrogens with zero attached hydrogens (tertiary/aromatic N) is 1. The zero-order chi connectivity index (χ0) is 6.27. The van der Waals surface area contributed by atoms with Crippen LogP contribution in [0.4, 0.5) is 0 Å². The summed E-state index contributed by atoms with van der Waals surface area (Å²) >= 11 is 0. The molecule has 3 aliphatic heterocycles. The van der Waals surface area contributed by atoms with Gasteiger partial charge in [0, 0.05) is 5.92 Å². The van der Waals surface area contributed by atoms with E-state index in [1.807, 2.05) is 0 Å². The average Bonchev–Trinajstić information content (AvgIpc) is 1.90. The van der Waals surface area contributed by atoms with E-state index in [0.717, 1.165) is 32.5 Å². The lowest BCUT2D eigenvalue weighted by Gasteiger charge is -2.37. The molecule has 0 radical (unpaired) electrons. The van der Waals surface area contributed by atoms with Crippen LogP contribution in [0.25, 0.3) is 0 Å². The highest BCUT2D eigenvalue weighted by Crippen LogP contribution is 2.23. The standard InChI is InChI=1S/C7H11NO.BH3/c9-7-5-8-3-1-6(7)2-4-8;/h6H,1-5H2;1H3. The van der Waals surface area contributed by atoms with Gasteiger partial charge in [-0.05, 0) is 25.9 Å². The molecule has 2 bridgehead atoms. The average molecular weight is 139 g/mol. The maximum Gasteiger partial charge on any atom is 0.149 e. The number of hydrogen-bond acceptors (Lipinski definition) is 2. The maximum atomic E-state index is 11.0. The lowest BCUT2D eigenvalue weighted by Crippen LogP contribution is -2.47. The molecule has 3 heterocycles. The Labute approximate surface area is 63.2 Å². The van der Waals surface area contributed by atoms with E-state index >= 15 is 0 Å². The number of piperidine rings is 3. The Morgan fingerprint density at radius 1 is 1.30 bits per heavy atom. The van der Waals surface area contributed by atoms with Gasteiger partial charge in [-0.1, -0.05) is 0 Å². The fourth-order valence-electron chi connectivity index (χ4n) is 1.76. The molecule has 3 saturated heterocycles. The van der Waals surface area contributed by atoms with Crippen molar-refractivity contribution in [3.8, 4) is 0 Å². The molecular weight excluding hydrogens is 125 g/mol. The Morgan fingerprint density at radius 2 is 1.90 bits per heavy atom. The Bertz CT molecular complexity index is 141. The van der Waals surface area contributed by atoms with Crippen LogP contribution in [0, 0.1) is 5.92 Å². The van der Waals surface area contributed by atoms with Crippen LogP contribution in [0.5, 0.6) is 0 Å². The third-order valence-electron chi connectivity index (χ3n) is 2.42. The molecule has 0 aromatic carbocycles. The molecule has 0 atom stereocenters. The zero-order valence-corrected chi connectivity index (χ0v) is 5.47. The van der Waals surface area contributed by atoms with E-state index in [4.69, 9.17) is 0 Å². The van der Waals surface area contributed by atoms with Crippen molar-refractivity contribution in [2.75, 3.05) is 19.6 Å². The van der Waals surface area contributed by atoms with Gasteiger partial charge in [0.1, 0.15) is 5.78 Å². The van der Waals surface area contributed by atoms with Crippen LogP contribution in [-0.4, -0.2) is 38.7 Å². The summed E-state index contributed by atoms with van der Waals surface area (Å²) in [5, 5.41) is 0. The van der Waals surface area contributed by atoms with Crippen LogP contribution < -0.4 is 0 Å². The number of Topliss-reactive ketones (excluding diaryl/α,β-unsaturated/α-hetero) is 1. The van der Waals surface area contributed by atoms with Gasteiger partial charge in [-0.2, -0.15) is 0 Å². The second-order valence-corrected chi connectivity index (χ2v) is 3.02. The lowest BCUT2D eigenvalue weighted by atomic mass is 9.87. The summed E-state index contributed by atoms with van der Waals surface area (Å²) < 4.78 is 0. The fraction of sp³-hybridized carbons (Fsp3) is 0.857. The normalized spacial score (nSPS) is 37.4. The van der Waals surface area contributed by atoms with E-state index in [2.05, 4.69) is 4.90 Å². The molecule has 0 N–H and O–H groups in total. The van der Waals surface area contributed by atoms with Crippen molar-refractivity contribution >= 4 is 14.2 Å². The second-order valence-electron chi connectivity index (χ2n) is 3.02. The summed E-state index contributed by atoms with van der Waals surface area (Å²) in [6.45, 7) is 3.07. The molecule has 10 heavy (non-hydrogen) atoms. The van der Waals surface area contributed by atoms with Crippen LogP contribution >= 0.6 is 0 Å². The number of rotatable bonds is 0. The molecule has 3 rings (SSSR count). The van der Waals surface area contributed by atoms with Gasteiger partial charge < -0.3 is 0 Å². The van der Waals surface area contributed by atoms with E-state index in [1.165, 1.54) is 0 Å². The largest absolute Gasteiger partial charge is 0.298 e. The quantitative estimate of drug-likeness (QED) is 0.405. The number of hydrogen-bond donors (Lipinski definition) is 0. The first-order valence-corrected chi connectivity index (χ1v) is 3.61. The zero-order valence-electron chi connectivity index (χ0n) is 5.47. The molecule has 0 unspecified atom stereocenters. The molecule has 0 amide bonds. The smallest absolute Gasteiger partial charge is 0.149 e. The summed E-state index contributed by atoms with van der Waals surface area (Å²) in [5.41, 5.74) is 0. The SMILES string of the molecule is B.O=C1CN2CCC1CC2. The third-order valence-corrected chi connectivity index (χ3v) is 2.42. The Morgan fingerprint density at radius 3 is 2.10 bits per heavy atom. The lowest BCUT2D eigenvalue weighted by molar-refractivity contribution is -0.130. The van der Waals surface area contributed by atoms with Crippen molar-refractivity contribution in [3.63, 3.8) is 0 Å². The minimum absolute atomic E-state index is 0. The van der Waals surface area contributed by atoms with E-state index in [9.17, 15) is 4.79 Å². The van der Waals surface area contributed by atoms with Gasteiger partial charge in [0.15, 0.2) is 0 Å². The molecule has 0 spiro atoms. The molecule has 3 heteroatoms. The summed E-state index contributed by atoms with van der Waals surface area (Å²) in [7, 11) is 0. The molecule has 2 nitrogen and oxygen atoms in total. The molecule has 3 aliphatic rings. The van der Waals surface area contributed by atoms with Crippen LogP contribution in [0.2, 0.25) is 0 Å². The Kier molecular flexibility index (Phi) is 2.14. The summed E-state index contributed by atoms with van der Waals surface area (Å²) in [6.07, 6.45) is 2.25. The molecule has 0 aromatic heterocycles. The number of ketones is 1. The van der Waals surface area contributed by atoms with E-state index in [1.54, 1.807) is 0 Å². The maximum absolute atomic E-state index is 11.0. The molecular formula is C7H14BNO. The highest BCUT2D eigenvalue weighted by Gasteiger charge is 2.31. The van der Waals surface area contributed by atoms with Gasteiger partial charge in [-0.3, -0.25) is 9.69 Å². The first-order valence-electron chi connectivity index (χ1n) is 3.61. The van der Waals surface area contributed by atoms with Gasteiger partial charge in [-0.25, -0.2) is 0 Å². The van der Waals surface area contributed by atoms with Gasteiger partial charge in [0.05, 0.1) is 15.0 Å². The molecule has 0 saturated carbocycles. The van der Waals surface area contributed by atoms with Crippen LogP contribution in [0.3, 0.4) is 0 Å². The van der Waals surface area contributed by atoms with Crippen LogP contribution in [0.1, 0.15) is 12.8 Å². The van der Waals surface area contributed by atoms with Crippen molar-refractivity contribution in [2.24, 2.45) is 5.92 Å². The van der Waals surface area contributed by atoms with Crippen LogP contribution in [-0.2, 0) is 4.79 Å². The number of carbonyl (C=O) groups excluding carboxylic acids is 1. The number of fused-ring (bicyclic) bond motifs is 3. The number of carbonyl (C=O) groups is 1. The van der Waals surface area contributed by atoms with Crippen molar-refractivity contribution < 1.29 is 4.79 Å². The van der Waals surface area contributed by atoms with Gasteiger partial charge in [-0.15, -0.1) is 0 Å². The molecule has 3 fully saturated rings. The van der Waals surface area contributed by atoms with E-state index < -0.39 is 0 Å². The van der Waals surface area contributed by atoms with Crippen LogP contribution in [0.15, 0.2) is 0 Å². The predicted octanol–water partition coefficient (Wildman–Crippen LogP) is -0.903. The van der Waals surface area contributed by atoms with Gasteiger partial charge >= 0.3 is 0 Å². The highest BCUT2D eigenvalue weighted by molar-refractivity contribution is 5.84. The first kappa shape index (κ1) is 7.80.